The van der Waals surface area contributed by atoms with Gasteiger partial charge in [0, 0.05) is 0 Å². The molecule has 0 spiro atoms. The van der Waals surface area contributed by atoms with Gasteiger partial charge in [-0.15, -0.1) is 0 Å². The van der Waals surface area contributed by atoms with Crippen LogP contribution in [0.3, 0.4) is 0 Å². The van der Waals surface area contributed by atoms with Crippen LogP contribution in [0, 0.1) is 0 Å². The van der Waals surface area contributed by atoms with Crippen LogP contribution in [0.5, 0.6) is 0 Å². The number of rotatable bonds is 83. The lowest BCUT2D eigenvalue weighted by Gasteiger charge is -2.03. The highest BCUT2D eigenvalue weighted by atomic mass is 14.0. The van der Waals surface area contributed by atoms with E-state index in [1.54, 1.807) is 0 Å². The lowest BCUT2D eigenvalue weighted by molar-refractivity contribution is 0.526. The second-order valence-electron chi connectivity index (χ2n) is 35.8. The molecule has 0 atom stereocenters. The number of hydrogen-bond acceptors (Lipinski definition) is 0. The minimum atomic E-state index is 1.37. The summed E-state index contributed by atoms with van der Waals surface area (Å²) in [5.41, 5.74) is 0. The first-order chi connectivity index (χ1) is 55.6. The van der Waals surface area contributed by atoms with E-state index in [1.165, 1.54) is 597 Å². The van der Waals surface area contributed by atoms with E-state index in [2.05, 4.69) is 138 Å². The predicted molar refractivity (Wildman–Crippen MR) is 543 cm³/mol. The van der Waals surface area contributed by atoms with E-state index < -0.39 is 0 Å². The Morgan fingerprint density at radius 1 is 0.0442 bits per heavy atom. The molecule has 0 saturated heterocycles. The zero-order valence-corrected chi connectivity index (χ0v) is 85.8. The molecule has 0 aliphatic heterocycles. The van der Waals surface area contributed by atoms with Crippen molar-refractivity contribution in [1.82, 2.24) is 0 Å². The van der Waals surface area contributed by atoms with Crippen LogP contribution in [0.4, 0.5) is 0 Å². The summed E-state index contributed by atoms with van der Waals surface area (Å²) in [4.78, 5) is 0. The molecular formula is C113H246. The summed E-state index contributed by atoms with van der Waals surface area (Å²) in [5.74, 6) is 0. The molecule has 0 aromatic heterocycles. The molecule has 0 aromatic carbocycles. The second-order valence-corrected chi connectivity index (χ2v) is 35.8. The molecule has 0 unspecified atom stereocenters. The van der Waals surface area contributed by atoms with Gasteiger partial charge in [0.25, 0.3) is 0 Å². The smallest absolute Gasteiger partial charge is 0.0533 e. The fraction of sp³-hybridized carbons (Fsp3) is 1.00. The minimum Gasteiger partial charge on any atom is -0.0654 e. The van der Waals surface area contributed by atoms with Crippen molar-refractivity contribution in [3.8, 4) is 0 Å². The molecule has 0 aliphatic carbocycles. The molecule has 0 amide bonds. The van der Waals surface area contributed by atoms with Crippen molar-refractivity contribution in [2.75, 3.05) is 0 Å². The standard InChI is InChI=1S/C20H42.C12H26.C11H24.7C10H22/c1-3-5-7-9-11-13-15-17-19-20-18-16-14-12-10-8-6-4-2;1-3-5-7-9-11-12-10-8-6-4-2;1-3-5-7-9-11-10-8-6-4-2;7*1-3-5-7-9-10-8-6-4-2/h3-20H2,1-2H3;3-12H2,1-2H3;3-11H2,1-2H3;7*3-10H2,1-2H3. The van der Waals surface area contributed by atoms with Crippen LogP contribution in [0.25, 0.3) is 0 Å². The molecule has 0 heterocycles. The van der Waals surface area contributed by atoms with Crippen LogP contribution in [0.15, 0.2) is 0 Å². The van der Waals surface area contributed by atoms with Gasteiger partial charge in [-0.2, -0.15) is 0 Å². The van der Waals surface area contributed by atoms with E-state index in [0.717, 1.165) is 0 Å². The van der Waals surface area contributed by atoms with Gasteiger partial charge in [0.05, 0.1) is 0 Å². The van der Waals surface area contributed by atoms with Crippen molar-refractivity contribution in [3.63, 3.8) is 0 Å². The molecule has 0 radical (unpaired) electrons. The topological polar surface area (TPSA) is 0 Å². The number of hydrogen-bond donors (Lipinski definition) is 0. The summed E-state index contributed by atoms with van der Waals surface area (Å²) in [5, 5.41) is 0. The Balaban J connectivity index is -0.000000132. The molecule has 0 aliphatic rings. The van der Waals surface area contributed by atoms with Gasteiger partial charge in [-0.05, 0) is 0 Å². The molecule has 0 bridgehead atoms. The third-order valence-electron chi connectivity index (χ3n) is 22.8. The predicted octanol–water partition coefficient (Wildman–Crippen LogP) is 46.5. The average molecular weight is 1610 g/mol. The summed E-state index contributed by atoms with van der Waals surface area (Å²) in [6.45, 7) is 45.5. The summed E-state index contributed by atoms with van der Waals surface area (Å²) in [6, 6.07) is 0. The van der Waals surface area contributed by atoms with Crippen LogP contribution in [0.1, 0.15) is 736 Å². The molecule has 0 nitrogen and oxygen atoms in total. The summed E-state index contributed by atoms with van der Waals surface area (Å²) >= 11 is 0. The molecule has 0 heteroatoms. The van der Waals surface area contributed by atoms with Gasteiger partial charge >= 0.3 is 0 Å². The van der Waals surface area contributed by atoms with Crippen molar-refractivity contribution >= 4 is 0 Å². The maximum Gasteiger partial charge on any atom is -0.0533 e. The van der Waals surface area contributed by atoms with Crippen LogP contribution in [0.2, 0.25) is 0 Å². The van der Waals surface area contributed by atoms with E-state index in [1.807, 2.05) is 0 Å². The first kappa shape index (κ1) is 134. The first-order valence-electron chi connectivity index (χ1n) is 55.6. The van der Waals surface area contributed by atoms with Crippen molar-refractivity contribution in [3.05, 3.63) is 0 Å². The van der Waals surface area contributed by atoms with Gasteiger partial charge in [-0.1, -0.05) is 736 Å². The van der Waals surface area contributed by atoms with Crippen LogP contribution < -0.4 is 0 Å². The van der Waals surface area contributed by atoms with Crippen LogP contribution in [-0.4, -0.2) is 0 Å². The Labute approximate surface area is 731 Å². The highest BCUT2D eigenvalue weighted by Gasteiger charge is 1.98. The Bertz CT molecular complexity index is 967. The van der Waals surface area contributed by atoms with E-state index in [4.69, 9.17) is 0 Å². The summed E-state index contributed by atoms with van der Waals surface area (Å²) in [6.07, 6.45) is 134. The zero-order valence-electron chi connectivity index (χ0n) is 85.8. The monoisotopic (exact) mass is 1600 g/mol. The molecule has 698 valence electrons. The molecule has 0 fully saturated rings. The normalized spacial score (nSPS) is 10.4. The Hall–Kier alpha value is 0. The largest absolute Gasteiger partial charge is 0.0654 e. The Morgan fingerprint density at radius 3 is 0.0973 bits per heavy atom. The van der Waals surface area contributed by atoms with Gasteiger partial charge in [0.15, 0.2) is 0 Å². The molecule has 0 aromatic rings. The van der Waals surface area contributed by atoms with Crippen molar-refractivity contribution in [2.45, 2.75) is 736 Å². The quantitative estimate of drug-likeness (QED) is 0.0533. The van der Waals surface area contributed by atoms with Gasteiger partial charge in [0.2, 0.25) is 0 Å². The molecular weight excluding hydrogens is 1360 g/mol. The minimum absolute atomic E-state index is 1.37. The third kappa shape index (κ3) is 197. The molecule has 0 rings (SSSR count). The van der Waals surface area contributed by atoms with Gasteiger partial charge in [-0.3, -0.25) is 0 Å². The SMILES string of the molecule is CCCCCCCCCC.CCCCCCCCCC.CCCCCCCCCC.CCCCCCCCCC.CCCCCCCCCC.CCCCCCCCCC.CCCCCCCCCC.CCCCCCCCCCC.CCCCCCCCCCCC.CCCCCCCCCCCCCCCCCCCC. The summed E-state index contributed by atoms with van der Waals surface area (Å²) < 4.78 is 0. The fourth-order valence-electron chi connectivity index (χ4n) is 14.4. The fourth-order valence-corrected chi connectivity index (χ4v) is 14.4. The van der Waals surface area contributed by atoms with Gasteiger partial charge in [-0.25, -0.2) is 0 Å². The average Bonchev–Trinajstić information content (AvgIpc) is 2.66. The van der Waals surface area contributed by atoms with E-state index in [9.17, 15) is 0 Å². The highest BCUT2D eigenvalue weighted by molar-refractivity contribution is 4.54. The van der Waals surface area contributed by atoms with Gasteiger partial charge in [0.1, 0.15) is 0 Å². The molecule has 113 heavy (non-hydrogen) atoms. The lowest BCUT2D eigenvalue weighted by atomic mass is 10.0. The maximum atomic E-state index is 2.30. The lowest BCUT2D eigenvalue weighted by Crippen LogP contribution is -1.83. The molecule has 0 saturated carbocycles. The van der Waals surface area contributed by atoms with E-state index >= 15 is 0 Å². The zero-order chi connectivity index (χ0) is 85.8. The third-order valence-corrected chi connectivity index (χ3v) is 22.8. The Kier molecular flexibility index (Phi) is 189. The number of unbranched alkanes of at least 4 members (excludes halogenated alkanes) is 83. The second kappa shape index (κ2) is 160. The van der Waals surface area contributed by atoms with E-state index in [-0.39, 0.29) is 0 Å². The maximum absolute atomic E-state index is 2.30. The van der Waals surface area contributed by atoms with Gasteiger partial charge < -0.3 is 0 Å². The highest BCUT2D eigenvalue weighted by Crippen LogP contribution is 2.18. The Morgan fingerprint density at radius 2 is 0.0708 bits per heavy atom. The van der Waals surface area contributed by atoms with Crippen molar-refractivity contribution < 1.29 is 0 Å². The van der Waals surface area contributed by atoms with Crippen LogP contribution in [-0.2, 0) is 0 Å². The van der Waals surface area contributed by atoms with E-state index in [0.29, 0.717) is 0 Å². The molecule has 0 N–H and O–H groups in total. The summed E-state index contributed by atoms with van der Waals surface area (Å²) in [7, 11) is 0. The first-order valence-corrected chi connectivity index (χ1v) is 55.6. The van der Waals surface area contributed by atoms with Crippen molar-refractivity contribution in [1.29, 1.82) is 0 Å². The van der Waals surface area contributed by atoms with Crippen molar-refractivity contribution in [2.24, 2.45) is 0 Å². The van der Waals surface area contributed by atoms with Crippen LogP contribution >= 0.6 is 0 Å².